The van der Waals surface area contributed by atoms with Gasteiger partial charge in [0.1, 0.15) is 0 Å². The lowest BCUT2D eigenvalue weighted by Crippen LogP contribution is -2.26. The van der Waals surface area contributed by atoms with E-state index in [1.54, 1.807) is 11.9 Å². The highest BCUT2D eigenvalue weighted by Gasteiger charge is 2.15. The highest BCUT2D eigenvalue weighted by molar-refractivity contribution is 7.05. The number of benzene rings is 1. The minimum Gasteiger partial charge on any atom is -0.336 e. The molecule has 3 rings (SSSR count). The fraction of sp³-hybridized carbons (Fsp3) is 0.316. The number of carbonyl (C=O) groups is 1. The Bertz CT molecular complexity index is 904. The number of amides is 1. The second-order valence-corrected chi connectivity index (χ2v) is 7.36. The highest BCUT2D eigenvalue weighted by atomic mass is 32.1. The zero-order valence-corrected chi connectivity index (χ0v) is 16.1. The lowest BCUT2D eigenvalue weighted by atomic mass is 10.1. The number of hydrogen-bond donors (Lipinski definition) is 0. The molecule has 134 valence electrons. The first-order valence-electron chi connectivity index (χ1n) is 8.43. The Morgan fingerprint density at radius 2 is 1.96 bits per heavy atom. The molecular formula is C19H21N5OS. The molecule has 26 heavy (non-hydrogen) atoms. The van der Waals surface area contributed by atoms with Crippen LogP contribution in [0.5, 0.6) is 0 Å². The normalized spacial score (nSPS) is 11.0. The molecule has 3 aromatic rings. The van der Waals surface area contributed by atoms with Gasteiger partial charge in [-0.3, -0.25) is 4.79 Å². The van der Waals surface area contributed by atoms with Gasteiger partial charge in [0.05, 0.1) is 28.5 Å². The lowest BCUT2D eigenvalue weighted by molar-refractivity contribution is 0.0786. The molecule has 6 nitrogen and oxygen atoms in total. The van der Waals surface area contributed by atoms with E-state index in [1.165, 1.54) is 11.5 Å². The summed E-state index contributed by atoms with van der Waals surface area (Å²) in [7, 11) is 1.78. The van der Waals surface area contributed by atoms with E-state index < -0.39 is 0 Å². The van der Waals surface area contributed by atoms with Crippen LogP contribution in [-0.4, -0.2) is 37.6 Å². The predicted molar refractivity (Wildman–Crippen MR) is 102 cm³/mol. The molecule has 7 heteroatoms. The van der Waals surface area contributed by atoms with E-state index in [9.17, 15) is 4.79 Å². The Hall–Kier alpha value is -2.67. The van der Waals surface area contributed by atoms with Crippen molar-refractivity contribution < 1.29 is 4.79 Å². The summed E-state index contributed by atoms with van der Waals surface area (Å²) in [5.41, 5.74) is 4.07. The van der Waals surface area contributed by atoms with Crippen LogP contribution in [0.4, 0.5) is 0 Å². The van der Waals surface area contributed by atoms with Crippen molar-refractivity contribution >= 4 is 17.4 Å². The van der Waals surface area contributed by atoms with Gasteiger partial charge in [0.15, 0.2) is 0 Å². The van der Waals surface area contributed by atoms with Crippen LogP contribution in [0.15, 0.2) is 36.4 Å². The molecule has 0 bridgehead atoms. The molecule has 0 atom stereocenters. The van der Waals surface area contributed by atoms with Crippen LogP contribution < -0.4 is 0 Å². The number of nitrogens with zero attached hydrogens (tertiary/aromatic N) is 5. The third kappa shape index (κ3) is 3.94. The SMILES string of the molecule is Cc1nnsc1CN(C)C(=O)c1cccc(-c2ccc(C(C)C)nn2)c1. The summed E-state index contributed by atoms with van der Waals surface area (Å²) in [6.45, 7) is 6.56. The Morgan fingerprint density at radius 3 is 2.58 bits per heavy atom. The molecule has 0 aliphatic carbocycles. The molecule has 0 spiro atoms. The highest BCUT2D eigenvalue weighted by Crippen LogP contribution is 2.21. The lowest BCUT2D eigenvalue weighted by Gasteiger charge is -2.16. The predicted octanol–water partition coefficient (Wildman–Crippen LogP) is 3.70. The van der Waals surface area contributed by atoms with Gasteiger partial charge in [-0.05, 0) is 48.6 Å². The van der Waals surface area contributed by atoms with E-state index >= 15 is 0 Å². The molecule has 0 saturated heterocycles. The van der Waals surface area contributed by atoms with Crippen LogP contribution in [0.3, 0.4) is 0 Å². The summed E-state index contributed by atoms with van der Waals surface area (Å²) < 4.78 is 3.92. The number of rotatable bonds is 5. The Kier molecular flexibility index (Phi) is 5.37. The topological polar surface area (TPSA) is 71.9 Å². The van der Waals surface area contributed by atoms with Gasteiger partial charge < -0.3 is 4.90 Å². The number of aryl methyl sites for hydroxylation is 1. The first-order valence-corrected chi connectivity index (χ1v) is 9.20. The summed E-state index contributed by atoms with van der Waals surface area (Å²) >= 11 is 1.32. The second-order valence-electron chi connectivity index (χ2n) is 6.52. The van der Waals surface area contributed by atoms with Gasteiger partial charge in [0, 0.05) is 18.2 Å². The molecule has 0 unspecified atom stereocenters. The van der Waals surface area contributed by atoms with Crippen LogP contribution in [-0.2, 0) is 6.54 Å². The molecule has 1 amide bonds. The van der Waals surface area contributed by atoms with Crippen LogP contribution in [0.25, 0.3) is 11.3 Å². The summed E-state index contributed by atoms with van der Waals surface area (Å²) in [5.74, 6) is 0.286. The number of aromatic nitrogens is 4. The third-order valence-corrected chi connectivity index (χ3v) is 4.96. The van der Waals surface area contributed by atoms with Gasteiger partial charge in [-0.15, -0.1) is 5.10 Å². The fourth-order valence-corrected chi connectivity index (χ4v) is 3.21. The molecule has 0 aliphatic rings. The van der Waals surface area contributed by atoms with Crippen molar-refractivity contribution in [1.29, 1.82) is 0 Å². The zero-order chi connectivity index (χ0) is 18.7. The van der Waals surface area contributed by atoms with E-state index in [0.29, 0.717) is 18.0 Å². The van der Waals surface area contributed by atoms with Crippen molar-refractivity contribution in [3.8, 4) is 11.3 Å². The standard InChI is InChI=1S/C19H21N5OS/c1-12(2)16-8-9-17(22-21-16)14-6-5-7-15(10-14)19(25)24(4)11-18-13(3)20-23-26-18/h5-10,12H,11H2,1-4H3. The molecule has 2 aromatic heterocycles. The van der Waals surface area contributed by atoms with E-state index in [1.807, 2.05) is 43.3 Å². The monoisotopic (exact) mass is 367 g/mol. The summed E-state index contributed by atoms with van der Waals surface area (Å²) in [5, 5.41) is 12.6. The average molecular weight is 367 g/mol. The van der Waals surface area contributed by atoms with Gasteiger partial charge >= 0.3 is 0 Å². The number of hydrogen-bond acceptors (Lipinski definition) is 6. The van der Waals surface area contributed by atoms with Crippen molar-refractivity contribution in [3.05, 3.63) is 58.2 Å². The largest absolute Gasteiger partial charge is 0.336 e. The Labute approximate surface area is 157 Å². The van der Waals surface area contributed by atoms with Crippen LogP contribution in [0.2, 0.25) is 0 Å². The van der Waals surface area contributed by atoms with Gasteiger partial charge in [0.2, 0.25) is 0 Å². The molecule has 1 aromatic carbocycles. The zero-order valence-electron chi connectivity index (χ0n) is 15.3. The van der Waals surface area contributed by atoms with Crippen molar-refractivity contribution in [2.75, 3.05) is 7.05 Å². The van der Waals surface area contributed by atoms with Crippen LogP contribution in [0.1, 0.15) is 46.4 Å². The molecular weight excluding hydrogens is 346 g/mol. The fourth-order valence-electron chi connectivity index (χ4n) is 2.52. The first kappa shape index (κ1) is 18.1. The summed E-state index contributed by atoms with van der Waals surface area (Å²) in [4.78, 5) is 15.4. The van der Waals surface area contributed by atoms with E-state index in [2.05, 4.69) is 33.6 Å². The maximum absolute atomic E-state index is 12.8. The maximum atomic E-state index is 12.8. The Morgan fingerprint density at radius 1 is 1.15 bits per heavy atom. The van der Waals surface area contributed by atoms with Crippen LogP contribution in [0, 0.1) is 6.92 Å². The van der Waals surface area contributed by atoms with E-state index in [4.69, 9.17) is 0 Å². The average Bonchev–Trinajstić information content (AvgIpc) is 3.06. The van der Waals surface area contributed by atoms with Gasteiger partial charge in [-0.25, -0.2) is 0 Å². The maximum Gasteiger partial charge on any atom is 0.253 e. The summed E-state index contributed by atoms with van der Waals surface area (Å²) in [6.07, 6.45) is 0. The van der Waals surface area contributed by atoms with Crippen molar-refractivity contribution in [3.63, 3.8) is 0 Å². The molecule has 0 aliphatic heterocycles. The molecule has 2 heterocycles. The molecule has 0 radical (unpaired) electrons. The second kappa shape index (κ2) is 7.70. The van der Waals surface area contributed by atoms with Gasteiger partial charge in [-0.1, -0.05) is 30.5 Å². The van der Waals surface area contributed by atoms with Crippen molar-refractivity contribution in [2.45, 2.75) is 33.2 Å². The summed E-state index contributed by atoms with van der Waals surface area (Å²) in [6, 6.07) is 11.4. The van der Waals surface area contributed by atoms with Crippen LogP contribution >= 0.6 is 11.5 Å². The Balaban J connectivity index is 1.80. The van der Waals surface area contributed by atoms with Crippen molar-refractivity contribution in [1.82, 2.24) is 24.7 Å². The van der Waals surface area contributed by atoms with Gasteiger partial charge in [-0.2, -0.15) is 10.2 Å². The molecule has 0 fully saturated rings. The quantitative estimate of drug-likeness (QED) is 0.687. The van der Waals surface area contributed by atoms with Crippen molar-refractivity contribution in [2.24, 2.45) is 0 Å². The molecule has 0 saturated carbocycles. The van der Waals surface area contributed by atoms with E-state index in [0.717, 1.165) is 27.5 Å². The minimum atomic E-state index is -0.0496. The third-order valence-electron chi connectivity index (χ3n) is 4.15. The first-order chi connectivity index (χ1) is 12.5. The van der Waals surface area contributed by atoms with E-state index in [-0.39, 0.29) is 5.91 Å². The minimum absolute atomic E-state index is 0.0496. The molecule has 0 N–H and O–H groups in total. The van der Waals surface area contributed by atoms with Gasteiger partial charge in [0.25, 0.3) is 5.91 Å². The smallest absolute Gasteiger partial charge is 0.253 e. The number of carbonyl (C=O) groups excluding carboxylic acids is 1.